The highest BCUT2D eigenvalue weighted by atomic mass is 14.9. The molecule has 1 N–H and O–H groups in total. The fraction of sp³-hybridized carbons (Fsp3) is 0.143. The standard InChI is InChI=1S/C21H23N/c1-5-11-17(4)20-15-10-14-19(16(3)6-2)21(20)22-18-12-8-7-9-13-18/h5-9,11-14,22H,1-3,10,15H2,4H3/b17-11+. The Labute approximate surface area is 133 Å². The van der Waals surface area contributed by atoms with E-state index in [4.69, 9.17) is 0 Å². The van der Waals surface area contributed by atoms with E-state index in [0.29, 0.717) is 0 Å². The lowest BCUT2D eigenvalue weighted by atomic mass is 9.87. The summed E-state index contributed by atoms with van der Waals surface area (Å²) in [5, 5.41) is 3.56. The van der Waals surface area contributed by atoms with Crippen LogP contribution in [-0.2, 0) is 0 Å². The van der Waals surface area contributed by atoms with Gasteiger partial charge in [-0.05, 0) is 48.6 Å². The quantitative estimate of drug-likeness (QED) is 0.638. The van der Waals surface area contributed by atoms with Crippen molar-refractivity contribution in [1.82, 2.24) is 0 Å². The van der Waals surface area contributed by atoms with E-state index in [-0.39, 0.29) is 0 Å². The molecule has 0 saturated heterocycles. The van der Waals surface area contributed by atoms with Crippen molar-refractivity contribution in [3.63, 3.8) is 0 Å². The molecule has 1 aromatic carbocycles. The molecule has 1 heteroatoms. The highest BCUT2D eigenvalue weighted by Crippen LogP contribution is 2.34. The summed E-state index contributed by atoms with van der Waals surface area (Å²) < 4.78 is 0. The first-order valence-corrected chi connectivity index (χ1v) is 7.54. The second kappa shape index (κ2) is 7.46. The van der Waals surface area contributed by atoms with E-state index in [1.54, 1.807) is 0 Å². The molecule has 0 aromatic heterocycles. The minimum Gasteiger partial charge on any atom is -0.355 e. The number of anilines is 1. The Kier molecular flexibility index (Phi) is 5.37. The molecule has 112 valence electrons. The summed E-state index contributed by atoms with van der Waals surface area (Å²) in [6, 6.07) is 10.2. The number of benzene rings is 1. The second-order valence-corrected chi connectivity index (χ2v) is 5.32. The second-order valence-electron chi connectivity index (χ2n) is 5.32. The van der Waals surface area contributed by atoms with Crippen molar-refractivity contribution in [3.05, 3.63) is 102 Å². The maximum atomic E-state index is 4.13. The molecule has 2 rings (SSSR count). The summed E-state index contributed by atoms with van der Waals surface area (Å²) in [6.07, 6.45) is 9.97. The number of rotatable bonds is 6. The van der Waals surface area contributed by atoms with Gasteiger partial charge in [0.15, 0.2) is 0 Å². The van der Waals surface area contributed by atoms with Crippen LogP contribution in [-0.4, -0.2) is 0 Å². The van der Waals surface area contributed by atoms with Crippen molar-refractivity contribution in [2.75, 3.05) is 5.32 Å². The first-order chi connectivity index (χ1) is 10.7. The third-order valence-electron chi connectivity index (χ3n) is 3.79. The molecule has 0 aliphatic heterocycles. The summed E-state index contributed by atoms with van der Waals surface area (Å²) in [5.41, 5.74) is 6.82. The first kappa shape index (κ1) is 15.8. The molecule has 22 heavy (non-hydrogen) atoms. The lowest BCUT2D eigenvalue weighted by Crippen LogP contribution is -2.12. The minimum atomic E-state index is 0.946. The molecule has 0 heterocycles. The number of allylic oxidation sites excluding steroid dienone is 7. The van der Waals surface area contributed by atoms with E-state index < -0.39 is 0 Å². The average Bonchev–Trinajstić information content (AvgIpc) is 2.55. The van der Waals surface area contributed by atoms with Gasteiger partial charge in [-0.3, -0.25) is 0 Å². The Hall–Kier alpha value is -2.54. The molecular weight excluding hydrogens is 266 g/mol. The number of nitrogens with one attached hydrogen (secondary N) is 1. The molecular formula is C21H23N. The predicted octanol–water partition coefficient (Wildman–Crippen LogP) is 5.95. The Morgan fingerprint density at radius 1 is 1.18 bits per heavy atom. The maximum Gasteiger partial charge on any atom is 0.0495 e. The van der Waals surface area contributed by atoms with Crippen LogP contribution in [0.4, 0.5) is 5.69 Å². The monoisotopic (exact) mass is 289 g/mol. The van der Waals surface area contributed by atoms with Gasteiger partial charge in [0.1, 0.15) is 0 Å². The summed E-state index contributed by atoms with van der Waals surface area (Å²) in [5.74, 6) is 0. The molecule has 0 spiro atoms. The predicted molar refractivity (Wildman–Crippen MR) is 97.7 cm³/mol. The van der Waals surface area contributed by atoms with Crippen molar-refractivity contribution in [3.8, 4) is 0 Å². The van der Waals surface area contributed by atoms with Gasteiger partial charge >= 0.3 is 0 Å². The third kappa shape index (κ3) is 3.56. The topological polar surface area (TPSA) is 12.0 Å². The first-order valence-electron chi connectivity index (χ1n) is 7.54. The fourth-order valence-corrected chi connectivity index (χ4v) is 2.63. The Morgan fingerprint density at radius 2 is 1.91 bits per heavy atom. The molecule has 1 aromatic rings. The van der Waals surface area contributed by atoms with E-state index in [1.807, 2.05) is 30.4 Å². The number of hydrogen-bond donors (Lipinski definition) is 1. The van der Waals surface area contributed by atoms with Gasteiger partial charge in [0.05, 0.1) is 0 Å². The Balaban J connectivity index is 2.50. The van der Waals surface area contributed by atoms with Gasteiger partial charge in [-0.1, -0.05) is 62.2 Å². The van der Waals surface area contributed by atoms with Gasteiger partial charge in [0, 0.05) is 17.0 Å². The van der Waals surface area contributed by atoms with Crippen molar-refractivity contribution >= 4 is 5.69 Å². The van der Waals surface area contributed by atoms with Gasteiger partial charge in [0.25, 0.3) is 0 Å². The van der Waals surface area contributed by atoms with E-state index in [1.165, 1.54) is 11.1 Å². The third-order valence-corrected chi connectivity index (χ3v) is 3.79. The zero-order chi connectivity index (χ0) is 15.9. The average molecular weight is 289 g/mol. The van der Waals surface area contributed by atoms with Gasteiger partial charge in [-0.2, -0.15) is 0 Å². The molecule has 0 saturated carbocycles. The molecule has 0 atom stereocenters. The van der Waals surface area contributed by atoms with Gasteiger partial charge in [-0.25, -0.2) is 0 Å². The van der Waals surface area contributed by atoms with Crippen molar-refractivity contribution in [1.29, 1.82) is 0 Å². The van der Waals surface area contributed by atoms with E-state index in [9.17, 15) is 0 Å². The Morgan fingerprint density at radius 3 is 2.55 bits per heavy atom. The van der Waals surface area contributed by atoms with Crippen LogP contribution in [0.3, 0.4) is 0 Å². The van der Waals surface area contributed by atoms with Crippen LogP contribution in [0.5, 0.6) is 0 Å². The Bertz CT molecular complexity index is 669. The summed E-state index contributed by atoms with van der Waals surface area (Å²) in [6.45, 7) is 13.9. The summed E-state index contributed by atoms with van der Waals surface area (Å²) in [7, 11) is 0. The van der Waals surface area contributed by atoms with Crippen molar-refractivity contribution < 1.29 is 0 Å². The van der Waals surface area contributed by atoms with Crippen molar-refractivity contribution in [2.45, 2.75) is 19.8 Å². The zero-order valence-corrected chi connectivity index (χ0v) is 13.2. The molecule has 0 amide bonds. The molecule has 1 aliphatic carbocycles. The lowest BCUT2D eigenvalue weighted by Gasteiger charge is -2.24. The molecule has 0 radical (unpaired) electrons. The van der Waals surface area contributed by atoms with Gasteiger partial charge in [0.2, 0.25) is 0 Å². The van der Waals surface area contributed by atoms with Gasteiger partial charge < -0.3 is 5.32 Å². The van der Waals surface area contributed by atoms with Crippen molar-refractivity contribution in [2.24, 2.45) is 0 Å². The summed E-state index contributed by atoms with van der Waals surface area (Å²) >= 11 is 0. The minimum absolute atomic E-state index is 0.946. The normalized spacial score (nSPS) is 15.1. The molecule has 0 fully saturated rings. The maximum absolute atomic E-state index is 4.13. The molecule has 1 aliphatic rings. The van der Waals surface area contributed by atoms with Crippen LogP contribution in [0, 0.1) is 0 Å². The molecule has 0 unspecified atom stereocenters. The number of para-hydroxylation sites is 1. The smallest absolute Gasteiger partial charge is 0.0495 e. The number of hydrogen-bond acceptors (Lipinski definition) is 1. The van der Waals surface area contributed by atoms with E-state index in [0.717, 1.165) is 35.4 Å². The van der Waals surface area contributed by atoms with E-state index >= 15 is 0 Å². The van der Waals surface area contributed by atoms with E-state index in [2.05, 4.69) is 56.3 Å². The van der Waals surface area contributed by atoms with Crippen LogP contribution < -0.4 is 5.32 Å². The van der Waals surface area contributed by atoms with Crippen LogP contribution in [0.1, 0.15) is 19.8 Å². The zero-order valence-electron chi connectivity index (χ0n) is 13.2. The highest BCUT2D eigenvalue weighted by molar-refractivity contribution is 5.64. The molecule has 0 bridgehead atoms. The van der Waals surface area contributed by atoms with Crippen LogP contribution in [0.2, 0.25) is 0 Å². The van der Waals surface area contributed by atoms with Crippen LogP contribution in [0.15, 0.2) is 102 Å². The fourth-order valence-electron chi connectivity index (χ4n) is 2.63. The SMILES string of the molecule is C=C/C=C(\C)C1=C(Nc2ccccc2)C(C(=C)C=C)=CCC1. The largest absolute Gasteiger partial charge is 0.355 e. The van der Waals surface area contributed by atoms with Gasteiger partial charge in [-0.15, -0.1) is 0 Å². The molecule has 1 nitrogen and oxygen atoms in total. The highest BCUT2D eigenvalue weighted by Gasteiger charge is 2.18. The summed E-state index contributed by atoms with van der Waals surface area (Å²) in [4.78, 5) is 0. The van der Waals surface area contributed by atoms with Crippen LogP contribution in [0.25, 0.3) is 0 Å². The van der Waals surface area contributed by atoms with Crippen LogP contribution >= 0.6 is 0 Å². The lowest BCUT2D eigenvalue weighted by molar-refractivity contribution is 0.933.